The third kappa shape index (κ3) is 4.92. The molecule has 0 radical (unpaired) electrons. The highest BCUT2D eigenvalue weighted by atomic mass is 16.5. The van der Waals surface area contributed by atoms with Crippen LogP contribution < -0.4 is 9.64 Å². The zero-order chi connectivity index (χ0) is 31.9. The maximum atomic E-state index is 6.44. The predicted octanol–water partition coefficient (Wildman–Crippen LogP) is 13.1. The Labute approximate surface area is 280 Å². The lowest BCUT2D eigenvalue weighted by atomic mass is 9.91. The van der Waals surface area contributed by atoms with Crippen LogP contribution in [0, 0.1) is 0 Å². The van der Waals surface area contributed by atoms with Crippen molar-refractivity contribution in [3.05, 3.63) is 188 Å². The molecule has 8 aromatic carbocycles. The summed E-state index contributed by atoms with van der Waals surface area (Å²) in [6.07, 6.45) is 0. The van der Waals surface area contributed by atoms with Crippen LogP contribution in [0.5, 0.6) is 11.5 Å². The molecule has 1 aliphatic heterocycles. The molecule has 0 spiro atoms. The lowest BCUT2D eigenvalue weighted by molar-refractivity contribution is 0.487. The zero-order valence-electron chi connectivity index (χ0n) is 26.3. The first kappa shape index (κ1) is 27.9. The topological polar surface area (TPSA) is 12.5 Å². The van der Waals surface area contributed by atoms with Gasteiger partial charge in [0.2, 0.25) is 0 Å². The summed E-state index contributed by atoms with van der Waals surface area (Å²) < 4.78 is 6.44. The minimum Gasteiger partial charge on any atom is -0.456 e. The normalized spacial score (nSPS) is 11.5. The quantitative estimate of drug-likeness (QED) is 0.185. The van der Waals surface area contributed by atoms with E-state index >= 15 is 0 Å². The van der Waals surface area contributed by atoms with Crippen molar-refractivity contribution in [2.75, 3.05) is 4.90 Å². The van der Waals surface area contributed by atoms with Crippen LogP contribution in [0.4, 0.5) is 17.1 Å². The van der Waals surface area contributed by atoms with E-state index in [1.54, 1.807) is 0 Å². The molecular formula is C46H31NO. The summed E-state index contributed by atoms with van der Waals surface area (Å²) in [4.78, 5) is 2.37. The van der Waals surface area contributed by atoms with Gasteiger partial charge >= 0.3 is 0 Å². The molecule has 48 heavy (non-hydrogen) atoms. The molecule has 0 fully saturated rings. The molecule has 0 saturated carbocycles. The molecule has 1 heterocycles. The van der Waals surface area contributed by atoms with Gasteiger partial charge < -0.3 is 9.64 Å². The van der Waals surface area contributed by atoms with Gasteiger partial charge in [0.1, 0.15) is 11.5 Å². The number of benzene rings is 8. The second-order valence-electron chi connectivity index (χ2n) is 12.2. The molecule has 0 aromatic heterocycles. The average Bonchev–Trinajstić information content (AvgIpc) is 3.17. The third-order valence-electron chi connectivity index (χ3n) is 9.28. The van der Waals surface area contributed by atoms with Crippen molar-refractivity contribution in [2.45, 2.75) is 0 Å². The lowest BCUT2D eigenvalue weighted by Crippen LogP contribution is -2.11. The molecular weight excluding hydrogens is 583 g/mol. The molecule has 0 bridgehead atoms. The lowest BCUT2D eigenvalue weighted by Gasteiger charge is -2.29. The van der Waals surface area contributed by atoms with Crippen molar-refractivity contribution in [3.8, 4) is 56.0 Å². The molecule has 2 nitrogen and oxygen atoms in total. The molecule has 0 atom stereocenters. The molecule has 0 N–H and O–H groups in total. The molecule has 9 rings (SSSR count). The molecule has 0 unspecified atom stereocenters. The van der Waals surface area contributed by atoms with Crippen molar-refractivity contribution in [2.24, 2.45) is 0 Å². The molecule has 1 aliphatic rings. The summed E-state index contributed by atoms with van der Waals surface area (Å²) in [5.41, 5.74) is 12.7. The van der Waals surface area contributed by atoms with E-state index in [0.717, 1.165) is 50.6 Å². The zero-order valence-corrected chi connectivity index (χ0v) is 26.3. The number of anilines is 3. The standard InChI is InChI=1S/C46H31NO/c1-3-11-32(12-4-1)34-21-26-38(27-22-34)47(39-28-23-35(24-29-39)33-13-5-2-6-14-33)43-19-8-7-17-40(43)37-25-30-44-42(31-37)41-18-9-15-36-16-10-20-45(48-44)46(36)41/h1-31H. The number of hydrogen-bond acceptors (Lipinski definition) is 2. The second-order valence-corrected chi connectivity index (χ2v) is 12.2. The first-order valence-electron chi connectivity index (χ1n) is 16.3. The third-order valence-corrected chi connectivity index (χ3v) is 9.28. The Kier molecular flexibility index (Phi) is 6.84. The Morgan fingerprint density at radius 3 is 1.50 bits per heavy atom. The summed E-state index contributed by atoms with van der Waals surface area (Å²) in [6, 6.07) is 66.9. The Morgan fingerprint density at radius 1 is 0.333 bits per heavy atom. The van der Waals surface area contributed by atoms with Gasteiger partial charge in [-0.1, -0.05) is 140 Å². The van der Waals surface area contributed by atoms with Gasteiger partial charge in [-0.15, -0.1) is 0 Å². The van der Waals surface area contributed by atoms with Gasteiger partial charge in [-0.05, 0) is 87.3 Å². The van der Waals surface area contributed by atoms with Gasteiger partial charge in [0.25, 0.3) is 0 Å². The first-order chi connectivity index (χ1) is 23.8. The Hall–Kier alpha value is -6.38. The van der Waals surface area contributed by atoms with E-state index in [2.05, 4.69) is 193 Å². The van der Waals surface area contributed by atoms with Gasteiger partial charge in [0.15, 0.2) is 0 Å². The highest BCUT2D eigenvalue weighted by molar-refractivity contribution is 6.05. The molecule has 0 aliphatic carbocycles. The fraction of sp³-hybridized carbons (Fsp3) is 0. The van der Waals surface area contributed by atoms with Crippen LogP contribution in [-0.2, 0) is 0 Å². The highest BCUT2D eigenvalue weighted by Gasteiger charge is 2.22. The van der Waals surface area contributed by atoms with Crippen LogP contribution in [-0.4, -0.2) is 0 Å². The van der Waals surface area contributed by atoms with Crippen molar-refractivity contribution in [1.29, 1.82) is 0 Å². The molecule has 0 saturated heterocycles. The molecule has 2 heteroatoms. The van der Waals surface area contributed by atoms with Crippen LogP contribution in [0.2, 0.25) is 0 Å². The van der Waals surface area contributed by atoms with Crippen LogP contribution in [0.25, 0.3) is 55.3 Å². The van der Waals surface area contributed by atoms with Crippen molar-refractivity contribution in [3.63, 3.8) is 0 Å². The monoisotopic (exact) mass is 613 g/mol. The van der Waals surface area contributed by atoms with E-state index in [1.807, 2.05) is 0 Å². The smallest absolute Gasteiger partial charge is 0.135 e. The minimum atomic E-state index is 0.882. The maximum absolute atomic E-state index is 6.44. The summed E-state index contributed by atoms with van der Waals surface area (Å²) >= 11 is 0. The Morgan fingerprint density at radius 2 is 0.854 bits per heavy atom. The Balaban J connectivity index is 1.18. The number of nitrogens with zero attached hydrogens (tertiary/aromatic N) is 1. The van der Waals surface area contributed by atoms with E-state index in [9.17, 15) is 0 Å². The summed E-state index contributed by atoms with van der Waals surface area (Å²) in [5.74, 6) is 1.79. The SMILES string of the molecule is c1ccc(-c2ccc(N(c3ccc(-c4ccccc4)cc3)c3ccccc3-c3ccc4c(c3)-c3cccc5cccc(c35)O4)cc2)cc1. The van der Waals surface area contributed by atoms with E-state index < -0.39 is 0 Å². The van der Waals surface area contributed by atoms with Gasteiger partial charge in [-0.25, -0.2) is 0 Å². The fourth-order valence-corrected chi connectivity index (χ4v) is 6.94. The second kappa shape index (κ2) is 11.8. The fourth-order valence-electron chi connectivity index (χ4n) is 6.94. The predicted molar refractivity (Wildman–Crippen MR) is 200 cm³/mol. The van der Waals surface area contributed by atoms with Gasteiger partial charge in [-0.3, -0.25) is 0 Å². The Bertz CT molecular complexity index is 2310. The number of rotatable bonds is 6. The summed E-state index contributed by atoms with van der Waals surface area (Å²) in [5, 5.41) is 2.35. The van der Waals surface area contributed by atoms with Crippen LogP contribution in [0.15, 0.2) is 188 Å². The number of para-hydroxylation sites is 1. The average molecular weight is 614 g/mol. The van der Waals surface area contributed by atoms with Gasteiger partial charge in [-0.2, -0.15) is 0 Å². The first-order valence-corrected chi connectivity index (χ1v) is 16.3. The van der Waals surface area contributed by atoms with Crippen molar-refractivity contribution >= 4 is 27.8 Å². The van der Waals surface area contributed by atoms with Crippen LogP contribution in [0.1, 0.15) is 0 Å². The van der Waals surface area contributed by atoms with E-state index in [0.29, 0.717) is 0 Å². The van der Waals surface area contributed by atoms with Crippen LogP contribution >= 0.6 is 0 Å². The highest BCUT2D eigenvalue weighted by Crippen LogP contribution is 2.49. The van der Waals surface area contributed by atoms with Crippen molar-refractivity contribution < 1.29 is 4.74 Å². The number of fused-ring (bicyclic) bond motifs is 2. The largest absolute Gasteiger partial charge is 0.456 e. The van der Waals surface area contributed by atoms with Crippen LogP contribution in [0.3, 0.4) is 0 Å². The molecule has 0 amide bonds. The number of ether oxygens (including phenoxy) is 1. The van der Waals surface area contributed by atoms with Gasteiger partial charge in [0, 0.05) is 27.9 Å². The molecule has 226 valence electrons. The van der Waals surface area contributed by atoms with E-state index in [1.165, 1.54) is 33.2 Å². The minimum absolute atomic E-state index is 0.882. The van der Waals surface area contributed by atoms with Gasteiger partial charge in [0.05, 0.1) is 5.69 Å². The number of hydrogen-bond donors (Lipinski definition) is 0. The maximum Gasteiger partial charge on any atom is 0.135 e. The van der Waals surface area contributed by atoms with E-state index in [-0.39, 0.29) is 0 Å². The van der Waals surface area contributed by atoms with E-state index in [4.69, 9.17) is 4.74 Å². The molecule has 8 aromatic rings. The summed E-state index contributed by atoms with van der Waals surface area (Å²) in [6.45, 7) is 0. The summed E-state index contributed by atoms with van der Waals surface area (Å²) in [7, 11) is 0. The van der Waals surface area contributed by atoms with Crippen molar-refractivity contribution in [1.82, 2.24) is 0 Å².